The maximum atomic E-state index is 5.39. The van der Waals surface area contributed by atoms with E-state index >= 15 is 0 Å². The van der Waals surface area contributed by atoms with Gasteiger partial charge < -0.3 is 10.1 Å². The van der Waals surface area contributed by atoms with Gasteiger partial charge in [0.2, 0.25) is 0 Å². The summed E-state index contributed by atoms with van der Waals surface area (Å²) >= 11 is 0. The molecule has 1 fully saturated rings. The molecule has 1 aromatic rings. The third-order valence-electron chi connectivity index (χ3n) is 3.23. The molecule has 1 aromatic heterocycles. The van der Waals surface area contributed by atoms with Gasteiger partial charge in [-0.05, 0) is 31.9 Å². The second-order valence-corrected chi connectivity index (χ2v) is 4.10. The fourth-order valence-electron chi connectivity index (χ4n) is 2.36. The molecular weight excluding hydrogens is 190 g/mol. The zero-order chi connectivity index (χ0) is 10.7. The van der Waals surface area contributed by atoms with Gasteiger partial charge in [-0.3, -0.25) is 4.68 Å². The Hall–Kier alpha value is -0.870. The van der Waals surface area contributed by atoms with Gasteiger partial charge in [0, 0.05) is 26.5 Å². The largest absolute Gasteiger partial charge is 0.381 e. The van der Waals surface area contributed by atoms with Crippen LogP contribution in [-0.2, 0) is 11.8 Å². The number of aromatic nitrogens is 2. The van der Waals surface area contributed by atoms with E-state index in [1.165, 1.54) is 5.69 Å². The monoisotopic (exact) mass is 209 g/mol. The molecule has 1 aliphatic rings. The van der Waals surface area contributed by atoms with Crippen LogP contribution in [-0.4, -0.2) is 30.0 Å². The molecule has 0 spiro atoms. The molecule has 2 rings (SSSR count). The van der Waals surface area contributed by atoms with Gasteiger partial charge in [-0.15, -0.1) is 0 Å². The Kier molecular flexibility index (Phi) is 3.38. The van der Waals surface area contributed by atoms with E-state index in [-0.39, 0.29) is 0 Å². The van der Waals surface area contributed by atoms with Crippen LogP contribution >= 0.6 is 0 Å². The summed E-state index contributed by atoms with van der Waals surface area (Å²) in [6.45, 7) is 1.78. The molecule has 1 N–H and O–H groups in total. The van der Waals surface area contributed by atoms with E-state index in [9.17, 15) is 0 Å². The Morgan fingerprint density at radius 3 is 2.80 bits per heavy atom. The lowest BCUT2D eigenvalue weighted by atomic mass is 9.90. The lowest BCUT2D eigenvalue weighted by Gasteiger charge is -2.30. The first kappa shape index (κ1) is 10.6. The van der Waals surface area contributed by atoms with Gasteiger partial charge >= 0.3 is 0 Å². The standard InChI is InChI=1S/C11H19N3O/c1-12-11(9-4-7-15-8-5-9)10-3-6-13-14(10)2/h3,6,9,11-12H,4-5,7-8H2,1-2H3. The zero-order valence-corrected chi connectivity index (χ0v) is 9.44. The summed E-state index contributed by atoms with van der Waals surface area (Å²) in [4.78, 5) is 0. The first-order valence-electron chi connectivity index (χ1n) is 5.56. The van der Waals surface area contributed by atoms with Crippen LogP contribution in [0.25, 0.3) is 0 Å². The summed E-state index contributed by atoms with van der Waals surface area (Å²) in [6.07, 6.45) is 4.13. The van der Waals surface area contributed by atoms with Crippen molar-refractivity contribution in [3.8, 4) is 0 Å². The molecule has 0 saturated carbocycles. The van der Waals surface area contributed by atoms with Gasteiger partial charge in [0.1, 0.15) is 0 Å². The normalized spacial score (nSPS) is 20.4. The van der Waals surface area contributed by atoms with E-state index in [4.69, 9.17) is 4.74 Å². The highest BCUT2D eigenvalue weighted by atomic mass is 16.5. The summed E-state index contributed by atoms with van der Waals surface area (Å²) in [5.41, 5.74) is 1.27. The van der Waals surface area contributed by atoms with Crippen LogP contribution in [0.4, 0.5) is 0 Å². The zero-order valence-electron chi connectivity index (χ0n) is 9.44. The molecular formula is C11H19N3O. The number of hydrogen-bond donors (Lipinski definition) is 1. The highest BCUT2D eigenvalue weighted by Gasteiger charge is 2.25. The SMILES string of the molecule is CNC(c1ccnn1C)C1CCOCC1. The van der Waals surface area contributed by atoms with Crippen molar-refractivity contribution in [3.05, 3.63) is 18.0 Å². The topological polar surface area (TPSA) is 39.1 Å². The highest BCUT2D eigenvalue weighted by molar-refractivity contribution is 5.08. The van der Waals surface area contributed by atoms with Crippen molar-refractivity contribution < 1.29 is 4.74 Å². The van der Waals surface area contributed by atoms with Gasteiger partial charge in [0.25, 0.3) is 0 Å². The van der Waals surface area contributed by atoms with Crippen molar-refractivity contribution in [2.45, 2.75) is 18.9 Å². The molecule has 1 atom stereocenters. The number of rotatable bonds is 3. The average Bonchev–Trinajstić information content (AvgIpc) is 2.68. The van der Waals surface area contributed by atoms with Crippen LogP contribution in [0.1, 0.15) is 24.6 Å². The van der Waals surface area contributed by atoms with Gasteiger partial charge in [-0.2, -0.15) is 5.10 Å². The maximum absolute atomic E-state index is 5.39. The molecule has 2 heterocycles. The van der Waals surface area contributed by atoms with E-state index in [2.05, 4.69) is 16.5 Å². The van der Waals surface area contributed by atoms with Gasteiger partial charge in [0.05, 0.1) is 11.7 Å². The van der Waals surface area contributed by atoms with Crippen molar-refractivity contribution in [2.75, 3.05) is 20.3 Å². The van der Waals surface area contributed by atoms with E-state index in [1.54, 1.807) is 0 Å². The number of nitrogens with zero attached hydrogens (tertiary/aromatic N) is 2. The molecule has 4 heteroatoms. The fourth-order valence-corrected chi connectivity index (χ4v) is 2.36. The van der Waals surface area contributed by atoms with Crippen molar-refractivity contribution in [1.29, 1.82) is 0 Å². The summed E-state index contributed by atoms with van der Waals surface area (Å²) < 4.78 is 7.35. The Labute approximate surface area is 90.6 Å². The summed E-state index contributed by atoms with van der Waals surface area (Å²) in [7, 11) is 4.02. The number of nitrogens with one attached hydrogen (secondary N) is 1. The molecule has 0 aliphatic carbocycles. The minimum Gasteiger partial charge on any atom is -0.381 e. The molecule has 0 aromatic carbocycles. The van der Waals surface area contributed by atoms with Gasteiger partial charge in [-0.25, -0.2) is 0 Å². The molecule has 0 bridgehead atoms. The van der Waals surface area contributed by atoms with Crippen LogP contribution in [0.2, 0.25) is 0 Å². The average molecular weight is 209 g/mol. The second-order valence-electron chi connectivity index (χ2n) is 4.10. The van der Waals surface area contributed by atoms with Crippen molar-refractivity contribution >= 4 is 0 Å². The Bertz CT molecular complexity index is 305. The summed E-state index contributed by atoms with van der Waals surface area (Å²) in [5, 5.41) is 7.62. The van der Waals surface area contributed by atoms with Crippen molar-refractivity contribution in [1.82, 2.24) is 15.1 Å². The van der Waals surface area contributed by atoms with Crippen LogP contribution in [0.5, 0.6) is 0 Å². The molecule has 1 aliphatic heterocycles. The van der Waals surface area contributed by atoms with Crippen LogP contribution in [0.3, 0.4) is 0 Å². The maximum Gasteiger partial charge on any atom is 0.0553 e. The van der Waals surface area contributed by atoms with Gasteiger partial charge in [0.15, 0.2) is 0 Å². The first-order valence-corrected chi connectivity index (χ1v) is 5.56. The lowest BCUT2D eigenvalue weighted by molar-refractivity contribution is 0.0536. The Morgan fingerprint density at radius 1 is 1.53 bits per heavy atom. The fraction of sp³-hybridized carbons (Fsp3) is 0.727. The summed E-state index contributed by atoms with van der Waals surface area (Å²) in [6, 6.07) is 2.50. The van der Waals surface area contributed by atoms with Crippen LogP contribution < -0.4 is 5.32 Å². The molecule has 4 nitrogen and oxygen atoms in total. The Morgan fingerprint density at radius 2 is 2.27 bits per heavy atom. The predicted octanol–water partition coefficient (Wildman–Crippen LogP) is 1.11. The van der Waals surface area contributed by atoms with Crippen molar-refractivity contribution in [2.24, 2.45) is 13.0 Å². The summed E-state index contributed by atoms with van der Waals surface area (Å²) in [5.74, 6) is 0.666. The third kappa shape index (κ3) is 2.21. The van der Waals surface area contributed by atoms with E-state index < -0.39 is 0 Å². The lowest BCUT2D eigenvalue weighted by Crippen LogP contribution is -2.31. The molecule has 1 saturated heterocycles. The molecule has 15 heavy (non-hydrogen) atoms. The quantitative estimate of drug-likeness (QED) is 0.810. The predicted molar refractivity (Wildman–Crippen MR) is 58.6 cm³/mol. The highest BCUT2D eigenvalue weighted by Crippen LogP contribution is 2.29. The van der Waals surface area contributed by atoms with E-state index in [0.717, 1.165) is 26.1 Å². The number of hydrogen-bond acceptors (Lipinski definition) is 3. The Balaban J connectivity index is 2.12. The molecule has 84 valence electrons. The minimum absolute atomic E-state index is 0.404. The van der Waals surface area contributed by atoms with Crippen LogP contribution in [0, 0.1) is 5.92 Å². The third-order valence-corrected chi connectivity index (χ3v) is 3.23. The van der Waals surface area contributed by atoms with E-state index in [0.29, 0.717) is 12.0 Å². The first-order chi connectivity index (χ1) is 7.33. The molecule has 1 unspecified atom stereocenters. The number of aryl methyl sites for hydroxylation is 1. The molecule has 0 radical (unpaired) electrons. The number of ether oxygens (including phenoxy) is 1. The van der Waals surface area contributed by atoms with Crippen molar-refractivity contribution in [3.63, 3.8) is 0 Å². The van der Waals surface area contributed by atoms with Crippen LogP contribution in [0.15, 0.2) is 12.3 Å². The minimum atomic E-state index is 0.404. The second kappa shape index (κ2) is 4.77. The van der Waals surface area contributed by atoms with Gasteiger partial charge in [-0.1, -0.05) is 0 Å². The molecule has 0 amide bonds. The smallest absolute Gasteiger partial charge is 0.0553 e. The van der Waals surface area contributed by atoms with E-state index in [1.807, 2.05) is 25.0 Å².